The van der Waals surface area contributed by atoms with Crippen LogP contribution >= 0.6 is 0 Å². The fraction of sp³-hybridized carbons (Fsp3) is 0.190. The van der Waals surface area contributed by atoms with Crippen LogP contribution in [0.25, 0.3) is 0 Å². The first kappa shape index (κ1) is 20.1. The Hall–Kier alpha value is -4.21. The first-order valence-corrected chi connectivity index (χ1v) is 9.52. The number of hydrogen-bond donors (Lipinski definition) is 2. The van der Waals surface area contributed by atoms with Crippen LogP contribution in [0, 0.1) is 0 Å². The van der Waals surface area contributed by atoms with E-state index in [-0.39, 0.29) is 12.2 Å². The third-order valence-corrected chi connectivity index (χ3v) is 4.70. The maximum Gasteiger partial charge on any atom is 0.338 e. The topological polar surface area (TPSA) is 128 Å². The predicted molar refractivity (Wildman–Crippen MR) is 109 cm³/mol. The summed E-state index contributed by atoms with van der Waals surface area (Å²) in [6, 6.07) is 12.7. The Morgan fingerprint density at radius 2 is 1.90 bits per heavy atom. The van der Waals surface area contributed by atoms with Crippen LogP contribution in [0.15, 0.2) is 59.8 Å². The number of rotatable bonds is 6. The van der Waals surface area contributed by atoms with Crippen LogP contribution in [0.1, 0.15) is 35.8 Å². The number of nitrogens with zero attached hydrogens (tertiary/aromatic N) is 4. The molecule has 0 aliphatic carbocycles. The van der Waals surface area contributed by atoms with E-state index < -0.39 is 18.0 Å². The van der Waals surface area contributed by atoms with Gasteiger partial charge >= 0.3 is 11.9 Å². The molecule has 1 atom stereocenters. The van der Waals surface area contributed by atoms with E-state index in [2.05, 4.69) is 20.8 Å². The minimum Gasteiger partial charge on any atom is -0.478 e. The molecule has 158 valence electrons. The molecule has 0 bridgehead atoms. The molecule has 3 aromatic rings. The van der Waals surface area contributed by atoms with E-state index in [1.165, 1.54) is 16.8 Å². The van der Waals surface area contributed by atoms with Crippen molar-refractivity contribution in [2.45, 2.75) is 19.9 Å². The van der Waals surface area contributed by atoms with Crippen molar-refractivity contribution in [1.29, 1.82) is 0 Å². The number of carbonyl (C=O) groups excluding carboxylic acids is 1. The highest BCUT2D eigenvalue weighted by Crippen LogP contribution is 2.36. The molecule has 10 heteroatoms. The number of nitrogens with one attached hydrogen (secondary N) is 1. The summed E-state index contributed by atoms with van der Waals surface area (Å²) in [5.41, 5.74) is 1.79. The van der Waals surface area contributed by atoms with Crippen LogP contribution in [0.3, 0.4) is 0 Å². The molecule has 31 heavy (non-hydrogen) atoms. The zero-order valence-electron chi connectivity index (χ0n) is 16.8. The summed E-state index contributed by atoms with van der Waals surface area (Å²) in [4.78, 5) is 23.9. The van der Waals surface area contributed by atoms with Crippen LogP contribution in [-0.4, -0.2) is 43.9 Å². The summed E-state index contributed by atoms with van der Waals surface area (Å²) in [7, 11) is 0. The van der Waals surface area contributed by atoms with Gasteiger partial charge in [-0.2, -0.15) is 4.68 Å². The lowest BCUT2D eigenvalue weighted by Gasteiger charge is -2.27. The summed E-state index contributed by atoms with van der Waals surface area (Å²) >= 11 is 0. The van der Waals surface area contributed by atoms with Crippen molar-refractivity contribution in [3.05, 3.63) is 70.9 Å². The Bertz CT molecular complexity index is 1190. The Morgan fingerprint density at radius 3 is 2.65 bits per heavy atom. The van der Waals surface area contributed by atoms with E-state index >= 15 is 0 Å². The predicted octanol–water partition coefficient (Wildman–Crippen LogP) is 3.02. The third-order valence-electron chi connectivity index (χ3n) is 4.70. The average molecular weight is 421 g/mol. The van der Waals surface area contributed by atoms with Crippen molar-refractivity contribution in [2.24, 2.45) is 0 Å². The molecule has 10 nitrogen and oxygen atoms in total. The number of esters is 1. The number of carbonyl (C=O) groups is 2. The molecule has 0 fully saturated rings. The van der Waals surface area contributed by atoms with E-state index in [9.17, 15) is 14.7 Å². The first-order chi connectivity index (χ1) is 15.0. The van der Waals surface area contributed by atoms with Crippen molar-refractivity contribution >= 4 is 17.9 Å². The summed E-state index contributed by atoms with van der Waals surface area (Å²) in [5.74, 6) is -0.271. The fourth-order valence-electron chi connectivity index (χ4n) is 3.37. The first-order valence-electron chi connectivity index (χ1n) is 9.52. The highest BCUT2D eigenvalue weighted by atomic mass is 16.5. The number of hydrogen-bond acceptors (Lipinski definition) is 8. The molecule has 0 amide bonds. The van der Waals surface area contributed by atoms with E-state index in [0.717, 1.165) is 0 Å². The van der Waals surface area contributed by atoms with E-state index in [4.69, 9.17) is 9.47 Å². The van der Waals surface area contributed by atoms with Gasteiger partial charge in [0.25, 0.3) is 0 Å². The van der Waals surface area contributed by atoms with Gasteiger partial charge in [-0.25, -0.2) is 9.59 Å². The van der Waals surface area contributed by atoms with E-state index in [1.54, 1.807) is 44.2 Å². The molecular weight excluding hydrogens is 402 g/mol. The van der Waals surface area contributed by atoms with Crippen LogP contribution in [0.4, 0.5) is 5.95 Å². The fourth-order valence-corrected chi connectivity index (χ4v) is 3.37. The number of benzene rings is 2. The number of ether oxygens (including phenoxy) is 2. The normalized spacial score (nSPS) is 15.1. The average Bonchev–Trinajstić information content (AvgIpc) is 3.21. The van der Waals surface area contributed by atoms with Crippen molar-refractivity contribution < 1.29 is 24.2 Å². The molecule has 1 aromatic heterocycles. The van der Waals surface area contributed by atoms with Gasteiger partial charge in [-0.3, -0.25) is 0 Å². The molecular formula is C21H19N5O5. The van der Waals surface area contributed by atoms with Gasteiger partial charge in [0.05, 0.1) is 17.7 Å². The maximum absolute atomic E-state index is 12.7. The monoisotopic (exact) mass is 421 g/mol. The number of aromatic carboxylic acids is 1. The lowest BCUT2D eigenvalue weighted by Crippen LogP contribution is -2.29. The van der Waals surface area contributed by atoms with Crippen LogP contribution in [-0.2, 0) is 9.53 Å². The van der Waals surface area contributed by atoms with Crippen LogP contribution in [0.2, 0.25) is 0 Å². The minimum atomic E-state index is -1.04. The zero-order valence-corrected chi connectivity index (χ0v) is 16.8. The Kier molecular flexibility index (Phi) is 5.35. The SMILES string of the molecule is CCOC(=O)C1=C(C)Nc2nnnn2C1c1cccc(Oc2cccc(C(=O)O)c2)c1. The molecule has 0 spiro atoms. The lowest BCUT2D eigenvalue weighted by molar-refractivity contribution is -0.139. The molecule has 2 aromatic carbocycles. The largest absolute Gasteiger partial charge is 0.478 e. The lowest BCUT2D eigenvalue weighted by atomic mass is 9.95. The van der Waals surface area contributed by atoms with Gasteiger partial charge < -0.3 is 19.9 Å². The molecule has 0 saturated heterocycles. The van der Waals surface area contributed by atoms with Crippen LogP contribution in [0.5, 0.6) is 11.5 Å². The molecule has 1 unspecified atom stereocenters. The van der Waals surface area contributed by atoms with Crippen molar-refractivity contribution in [2.75, 3.05) is 11.9 Å². The third kappa shape index (κ3) is 3.95. The highest BCUT2D eigenvalue weighted by molar-refractivity contribution is 5.92. The van der Waals surface area contributed by atoms with Gasteiger partial charge in [-0.05, 0) is 60.2 Å². The smallest absolute Gasteiger partial charge is 0.338 e. The maximum atomic E-state index is 12.7. The van der Waals surface area contributed by atoms with Gasteiger partial charge in [-0.1, -0.05) is 23.3 Å². The molecule has 1 aliphatic heterocycles. The summed E-state index contributed by atoms with van der Waals surface area (Å²) in [5, 5.41) is 23.9. The summed E-state index contributed by atoms with van der Waals surface area (Å²) in [6.07, 6.45) is 0. The van der Waals surface area contributed by atoms with Gasteiger partial charge in [0.1, 0.15) is 17.5 Å². The van der Waals surface area contributed by atoms with Crippen LogP contribution < -0.4 is 10.1 Å². The number of fused-ring (bicyclic) bond motifs is 1. The van der Waals surface area contributed by atoms with E-state index in [1.807, 2.05) is 6.07 Å². The van der Waals surface area contributed by atoms with Gasteiger partial charge in [0, 0.05) is 5.70 Å². The summed E-state index contributed by atoms with van der Waals surface area (Å²) < 4.78 is 12.6. The summed E-state index contributed by atoms with van der Waals surface area (Å²) in [6.45, 7) is 3.73. The Balaban J connectivity index is 1.72. The number of anilines is 1. The second kappa shape index (κ2) is 8.27. The van der Waals surface area contributed by atoms with Crippen molar-refractivity contribution in [1.82, 2.24) is 20.2 Å². The number of carboxylic acids is 1. The molecule has 2 heterocycles. The van der Waals surface area contributed by atoms with Crippen molar-refractivity contribution in [3.63, 3.8) is 0 Å². The zero-order chi connectivity index (χ0) is 22.0. The quantitative estimate of drug-likeness (QED) is 0.577. The number of aromatic nitrogens is 4. The Labute approximate surface area is 177 Å². The Morgan fingerprint density at radius 1 is 1.16 bits per heavy atom. The second-order valence-corrected chi connectivity index (χ2v) is 6.74. The number of allylic oxidation sites excluding steroid dienone is 1. The molecule has 1 aliphatic rings. The van der Waals surface area contributed by atoms with Gasteiger partial charge in [0.15, 0.2) is 0 Å². The minimum absolute atomic E-state index is 0.119. The molecule has 4 rings (SSSR count). The number of tetrazole rings is 1. The van der Waals surface area contributed by atoms with E-state index in [0.29, 0.717) is 34.3 Å². The molecule has 0 saturated carbocycles. The number of carboxylic acid groups (broad SMARTS) is 1. The molecule has 0 radical (unpaired) electrons. The standard InChI is InChI=1S/C21H19N5O5/c1-3-30-20(29)17-12(2)22-21-23-24-25-26(21)18(17)13-6-4-8-15(10-13)31-16-9-5-7-14(11-16)19(27)28/h4-11,18H,3H2,1-2H3,(H,27,28)(H,22,23,25). The highest BCUT2D eigenvalue weighted by Gasteiger charge is 2.35. The van der Waals surface area contributed by atoms with Gasteiger partial charge in [0.2, 0.25) is 5.95 Å². The van der Waals surface area contributed by atoms with Gasteiger partial charge in [-0.15, -0.1) is 0 Å². The molecule has 2 N–H and O–H groups in total. The van der Waals surface area contributed by atoms with Crippen molar-refractivity contribution in [3.8, 4) is 11.5 Å². The second-order valence-electron chi connectivity index (χ2n) is 6.74.